The van der Waals surface area contributed by atoms with Crippen molar-refractivity contribution in [2.45, 2.75) is 33.2 Å². The number of Topliss-reactive ketones (excluding diaryl/α,β-unsaturated/α-hetero) is 2. The van der Waals surface area contributed by atoms with Crippen LogP contribution in [-0.2, 0) is 9.53 Å². The molecule has 1 amide bonds. The average Bonchev–Trinajstić information content (AvgIpc) is 3.03. The summed E-state index contributed by atoms with van der Waals surface area (Å²) < 4.78 is 5.20. The van der Waals surface area contributed by atoms with Crippen LogP contribution in [0.2, 0.25) is 5.02 Å². The van der Waals surface area contributed by atoms with Crippen molar-refractivity contribution in [1.82, 2.24) is 10.3 Å². The van der Waals surface area contributed by atoms with Crippen LogP contribution in [0.5, 0.6) is 0 Å². The maximum absolute atomic E-state index is 12.6. The second kappa shape index (κ2) is 11.2. The summed E-state index contributed by atoms with van der Waals surface area (Å²) in [7, 11) is 0. The summed E-state index contributed by atoms with van der Waals surface area (Å²) >= 11 is 7.57. The number of rotatable bonds is 10. The number of hydrogen-bond donors (Lipinski definition) is 2. The van der Waals surface area contributed by atoms with Crippen LogP contribution in [0.3, 0.4) is 0 Å². The molecule has 0 fully saturated rings. The summed E-state index contributed by atoms with van der Waals surface area (Å²) in [6.07, 6.45) is 2.21. The second-order valence-corrected chi connectivity index (χ2v) is 8.39. The lowest BCUT2D eigenvalue weighted by molar-refractivity contribution is -0.144. The van der Waals surface area contributed by atoms with E-state index in [-0.39, 0.29) is 22.1 Å². The molecule has 1 aromatic carbocycles. The zero-order valence-corrected chi connectivity index (χ0v) is 19.4. The molecule has 2 aromatic rings. The third kappa shape index (κ3) is 6.21. The third-order valence-corrected chi connectivity index (χ3v) is 5.71. The molecular formula is C22H25ClN2O5S. The van der Waals surface area contributed by atoms with Gasteiger partial charge in [0.25, 0.3) is 5.91 Å². The Balaban J connectivity index is 2.08. The fourth-order valence-electron chi connectivity index (χ4n) is 3.23. The third-order valence-electron chi connectivity index (χ3n) is 4.73. The van der Waals surface area contributed by atoms with Crippen molar-refractivity contribution in [3.63, 3.8) is 0 Å². The molecule has 2 N–H and O–H groups in total. The Bertz CT molecular complexity index is 1000. The molecule has 2 rings (SSSR count). The number of carbonyl (C=O) groups is 4. The molecule has 0 aliphatic heterocycles. The first kappa shape index (κ1) is 24.7. The highest BCUT2D eigenvalue weighted by Crippen LogP contribution is 2.19. The molecule has 1 aromatic heterocycles. The molecule has 0 aliphatic rings. The molecule has 1 atom stereocenters. The minimum atomic E-state index is -0.928. The zero-order chi connectivity index (χ0) is 23.1. The van der Waals surface area contributed by atoms with Crippen molar-refractivity contribution in [2.24, 2.45) is 0 Å². The molecular weight excluding hydrogens is 440 g/mol. The zero-order valence-electron chi connectivity index (χ0n) is 17.8. The summed E-state index contributed by atoms with van der Waals surface area (Å²) in [5.41, 5.74) is 2.05. The number of carbonyl (C=O) groups excluding carboxylic acids is 4. The number of esters is 1. The van der Waals surface area contributed by atoms with E-state index >= 15 is 0 Å². The highest BCUT2D eigenvalue weighted by Gasteiger charge is 2.26. The molecule has 0 spiro atoms. The molecule has 0 bridgehead atoms. The largest absolute Gasteiger partial charge is 0.456 e. The van der Waals surface area contributed by atoms with Crippen LogP contribution in [-0.4, -0.2) is 53.1 Å². The minimum Gasteiger partial charge on any atom is -0.456 e. The standard InChI is InChI=1S/C22H25ClN2O5S/c1-12-19(14(3)26)13(2)24-20(12)18(27)11-30-22(29)17(9-10-31-4)25-21(28)15-7-5-6-8-16(15)23/h5-8,17,24H,9-11H2,1-4H3,(H,25,28). The van der Waals surface area contributed by atoms with E-state index < -0.39 is 30.3 Å². The van der Waals surface area contributed by atoms with Crippen molar-refractivity contribution >= 4 is 46.8 Å². The molecule has 0 saturated carbocycles. The van der Waals surface area contributed by atoms with Crippen LogP contribution in [0.1, 0.15) is 55.8 Å². The van der Waals surface area contributed by atoms with Gasteiger partial charge in [0, 0.05) is 11.3 Å². The summed E-state index contributed by atoms with van der Waals surface area (Å²) in [5.74, 6) is -1.21. The monoisotopic (exact) mass is 464 g/mol. The van der Waals surface area contributed by atoms with Crippen LogP contribution in [0.15, 0.2) is 24.3 Å². The number of amides is 1. The van der Waals surface area contributed by atoms with Gasteiger partial charge in [-0.15, -0.1) is 0 Å². The summed E-state index contributed by atoms with van der Waals surface area (Å²) in [4.78, 5) is 52.3. The maximum Gasteiger partial charge on any atom is 0.329 e. The fourth-order valence-corrected chi connectivity index (χ4v) is 3.93. The molecule has 0 aliphatic carbocycles. The van der Waals surface area contributed by atoms with Crippen LogP contribution in [0.4, 0.5) is 0 Å². The lowest BCUT2D eigenvalue weighted by Gasteiger charge is -2.17. The molecule has 31 heavy (non-hydrogen) atoms. The molecule has 7 nitrogen and oxygen atoms in total. The van der Waals surface area contributed by atoms with Crippen molar-refractivity contribution in [3.8, 4) is 0 Å². The second-order valence-electron chi connectivity index (χ2n) is 7.00. The van der Waals surface area contributed by atoms with Gasteiger partial charge in [-0.05, 0) is 56.9 Å². The summed E-state index contributed by atoms with van der Waals surface area (Å²) in [6.45, 7) is 4.29. The number of thioether (sulfide) groups is 1. The normalized spacial score (nSPS) is 11.6. The van der Waals surface area contributed by atoms with E-state index in [1.807, 2.05) is 6.26 Å². The van der Waals surface area contributed by atoms with Gasteiger partial charge in [-0.2, -0.15) is 11.8 Å². The van der Waals surface area contributed by atoms with Gasteiger partial charge in [0.15, 0.2) is 12.4 Å². The van der Waals surface area contributed by atoms with Crippen LogP contribution < -0.4 is 5.32 Å². The van der Waals surface area contributed by atoms with Gasteiger partial charge in [-0.25, -0.2) is 4.79 Å². The van der Waals surface area contributed by atoms with E-state index in [2.05, 4.69) is 10.3 Å². The number of ether oxygens (including phenoxy) is 1. The van der Waals surface area contributed by atoms with Crippen molar-refractivity contribution < 1.29 is 23.9 Å². The van der Waals surface area contributed by atoms with Gasteiger partial charge in [0.1, 0.15) is 6.04 Å². The average molecular weight is 465 g/mol. The summed E-state index contributed by atoms with van der Waals surface area (Å²) in [5, 5.41) is 2.91. The predicted molar refractivity (Wildman–Crippen MR) is 121 cm³/mol. The highest BCUT2D eigenvalue weighted by atomic mass is 35.5. The van der Waals surface area contributed by atoms with Crippen LogP contribution in [0.25, 0.3) is 0 Å². The van der Waals surface area contributed by atoms with Crippen molar-refractivity contribution in [2.75, 3.05) is 18.6 Å². The molecule has 0 saturated heterocycles. The van der Waals surface area contributed by atoms with E-state index in [1.54, 1.807) is 38.1 Å². The van der Waals surface area contributed by atoms with Gasteiger partial charge in [0.05, 0.1) is 16.3 Å². The number of benzene rings is 1. The Hall–Kier alpha value is -2.58. The van der Waals surface area contributed by atoms with E-state index in [9.17, 15) is 19.2 Å². The van der Waals surface area contributed by atoms with Crippen molar-refractivity contribution in [3.05, 3.63) is 57.4 Å². The van der Waals surface area contributed by atoms with Gasteiger partial charge in [0.2, 0.25) is 5.78 Å². The Morgan fingerprint density at radius 1 is 1.19 bits per heavy atom. The lowest BCUT2D eigenvalue weighted by atomic mass is 10.1. The summed E-state index contributed by atoms with van der Waals surface area (Å²) in [6, 6.07) is 5.58. The van der Waals surface area contributed by atoms with E-state index in [4.69, 9.17) is 16.3 Å². The molecule has 1 heterocycles. The number of aromatic nitrogens is 1. The smallest absolute Gasteiger partial charge is 0.329 e. The SMILES string of the molecule is CSCCC(NC(=O)c1ccccc1Cl)C(=O)OCC(=O)c1[nH]c(C)c(C(C)=O)c1C. The van der Waals surface area contributed by atoms with Gasteiger partial charge in [-0.1, -0.05) is 23.7 Å². The van der Waals surface area contributed by atoms with Gasteiger partial charge >= 0.3 is 5.97 Å². The number of ketones is 2. The minimum absolute atomic E-state index is 0.151. The van der Waals surface area contributed by atoms with Gasteiger partial charge in [-0.3, -0.25) is 14.4 Å². The Morgan fingerprint density at radius 3 is 2.45 bits per heavy atom. The number of aromatic amines is 1. The molecule has 0 radical (unpaired) electrons. The number of hydrogen-bond acceptors (Lipinski definition) is 6. The van der Waals surface area contributed by atoms with Crippen molar-refractivity contribution in [1.29, 1.82) is 0 Å². The van der Waals surface area contributed by atoms with Crippen LogP contribution >= 0.6 is 23.4 Å². The Morgan fingerprint density at radius 2 is 1.87 bits per heavy atom. The number of aryl methyl sites for hydroxylation is 1. The van der Waals surface area contributed by atoms with E-state index in [0.717, 1.165) is 0 Å². The molecule has 9 heteroatoms. The Kier molecular flexibility index (Phi) is 8.88. The first-order valence-corrected chi connectivity index (χ1v) is 11.4. The lowest BCUT2D eigenvalue weighted by Crippen LogP contribution is -2.42. The fraction of sp³-hybridized carbons (Fsp3) is 0.364. The maximum atomic E-state index is 12.6. The topological polar surface area (TPSA) is 105 Å². The Labute approximate surface area is 190 Å². The predicted octanol–water partition coefficient (Wildman–Crippen LogP) is 3.77. The van der Waals surface area contributed by atoms with E-state index in [0.29, 0.717) is 29.0 Å². The van der Waals surface area contributed by atoms with E-state index in [1.165, 1.54) is 18.7 Å². The first-order valence-electron chi connectivity index (χ1n) is 9.61. The first-order chi connectivity index (χ1) is 14.7. The highest BCUT2D eigenvalue weighted by molar-refractivity contribution is 7.98. The molecule has 1 unspecified atom stereocenters. The number of H-pyrrole nitrogens is 1. The van der Waals surface area contributed by atoms with Crippen LogP contribution in [0, 0.1) is 13.8 Å². The van der Waals surface area contributed by atoms with Gasteiger partial charge < -0.3 is 15.0 Å². The number of nitrogens with one attached hydrogen (secondary N) is 2. The number of halogens is 1. The quantitative estimate of drug-likeness (QED) is 0.409. The molecule has 166 valence electrons.